The standard InChI is InChI=1S/C13H22O3/c1-8-6-9(14)7-10(13(2,3)4)11(8)12(15)16-5/h8,10-11H,6-7H2,1-5H3/t8-,10-,11+/m1/s1. The molecule has 1 aliphatic rings. The fraction of sp³-hybridized carbons (Fsp3) is 0.846. The smallest absolute Gasteiger partial charge is 0.309 e. The molecule has 1 aliphatic carbocycles. The van der Waals surface area contributed by atoms with Gasteiger partial charge in [0.2, 0.25) is 0 Å². The van der Waals surface area contributed by atoms with Crippen LogP contribution in [0.1, 0.15) is 40.5 Å². The molecule has 0 aliphatic heterocycles. The van der Waals surface area contributed by atoms with Gasteiger partial charge in [0, 0.05) is 12.8 Å². The summed E-state index contributed by atoms with van der Waals surface area (Å²) in [6, 6.07) is 0. The van der Waals surface area contributed by atoms with Crippen LogP contribution in [0.5, 0.6) is 0 Å². The van der Waals surface area contributed by atoms with Crippen molar-refractivity contribution in [1.29, 1.82) is 0 Å². The van der Waals surface area contributed by atoms with Crippen molar-refractivity contribution >= 4 is 11.8 Å². The fourth-order valence-corrected chi connectivity index (χ4v) is 2.72. The molecule has 16 heavy (non-hydrogen) atoms. The van der Waals surface area contributed by atoms with E-state index in [0.29, 0.717) is 12.8 Å². The van der Waals surface area contributed by atoms with E-state index in [0.717, 1.165) is 0 Å². The van der Waals surface area contributed by atoms with Crippen molar-refractivity contribution in [3.05, 3.63) is 0 Å². The molecule has 0 aromatic carbocycles. The van der Waals surface area contributed by atoms with Gasteiger partial charge in [0.15, 0.2) is 0 Å². The molecule has 1 rings (SSSR count). The van der Waals surface area contributed by atoms with Gasteiger partial charge < -0.3 is 4.74 Å². The normalized spacial score (nSPS) is 31.3. The van der Waals surface area contributed by atoms with E-state index in [9.17, 15) is 9.59 Å². The van der Waals surface area contributed by atoms with E-state index < -0.39 is 0 Å². The van der Waals surface area contributed by atoms with Crippen LogP contribution in [0.3, 0.4) is 0 Å². The van der Waals surface area contributed by atoms with Crippen molar-refractivity contribution in [2.75, 3.05) is 7.11 Å². The van der Waals surface area contributed by atoms with Gasteiger partial charge in [0.1, 0.15) is 5.78 Å². The predicted octanol–water partition coefficient (Wildman–Crippen LogP) is 2.44. The first kappa shape index (κ1) is 13.2. The Balaban J connectivity index is 2.98. The third-order valence-corrected chi connectivity index (χ3v) is 3.63. The molecule has 0 N–H and O–H groups in total. The third kappa shape index (κ3) is 2.63. The first-order valence-corrected chi connectivity index (χ1v) is 5.87. The first-order chi connectivity index (χ1) is 7.27. The SMILES string of the molecule is COC(=O)[C@H]1[C@H](C)CC(=O)C[C@H]1C(C)(C)C. The molecule has 3 nitrogen and oxygen atoms in total. The van der Waals surface area contributed by atoms with Crippen molar-refractivity contribution in [2.45, 2.75) is 40.5 Å². The number of carbonyl (C=O) groups is 2. The van der Waals surface area contributed by atoms with Crippen LogP contribution in [-0.2, 0) is 14.3 Å². The lowest BCUT2D eigenvalue weighted by Gasteiger charge is -2.41. The Kier molecular flexibility index (Phi) is 3.76. The molecule has 1 saturated carbocycles. The van der Waals surface area contributed by atoms with E-state index in [-0.39, 0.29) is 34.9 Å². The molecule has 0 aromatic heterocycles. The summed E-state index contributed by atoms with van der Waals surface area (Å²) in [6.07, 6.45) is 1.01. The van der Waals surface area contributed by atoms with Crippen LogP contribution in [0, 0.1) is 23.2 Å². The maximum Gasteiger partial charge on any atom is 0.309 e. The molecule has 0 amide bonds. The molecular formula is C13H22O3. The Labute approximate surface area is 97.5 Å². The highest BCUT2D eigenvalue weighted by molar-refractivity contribution is 5.83. The number of ketones is 1. The third-order valence-electron chi connectivity index (χ3n) is 3.63. The predicted molar refractivity (Wildman–Crippen MR) is 61.9 cm³/mol. The highest BCUT2D eigenvalue weighted by Crippen LogP contribution is 2.43. The van der Waals surface area contributed by atoms with Gasteiger partial charge in [-0.25, -0.2) is 0 Å². The Morgan fingerprint density at radius 3 is 2.31 bits per heavy atom. The molecule has 0 radical (unpaired) electrons. The first-order valence-electron chi connectivity index (χ1n) is 5.87. The Bertz CT molecular complexity index is 288. The van der Waals surface area contributed by atoms with E-state index in [1.165, 1.54) is 7.11 Å². The Hall–Kier alpha value is -0.860. The maximum atomic E-state index is 11.8. The van der Waals surface area contributed by atoms with E-state index in [2.05, 4.69) is 20.8 Å². The van der Waals surface area contributed by atoms with Crippen molar-refractivity contribution in [3.63, 3.8) is 0 Å². The van der Waals surface area contributed by atoms with Crippen LogP contribution >= 0.6 is 0 Å². The van der Waals surface area contributed by atoms with Gasteiger partial charge in [-0.2, -0.15) is 0 Å². The number of esters is 1. The summed E-state index contributed by atoms with van der Waals surface area (Å²) in [5, 5.41) is 0. The number of methoxy groups -OCH3 is 1. The summed E-state index contributed by atoms with van der Waals surface area (Å²) in [7, 11) is 1.42. The molecule has 0 unspecified atom stereocenters. The lowest BCUT2D eigenvalue weighted by atomic mass is 9.62. The number of rotatable bonds is 1. The minimum atomic E-state index is -0.167. The average Bonchev–Trinajstić information content (AvgIpc) is 2.14. The molecule has 3 atom stereocenters. The number of hydrogen-bond acceptors (Lipinski definition) is 3. The van der Waals surface area contributed by atoms with Gasteiger partial charge >= 0.3 is 5.97 Å². The highest BCUT2D eigenvalue weighted by Gasteiger charge is 2.45. The van der Waals surface area contributed by atoms with Crippen molar-refractivity contribution in [3.8, 4) is 0 Å². The topological polar surface area (TPSA) is 43.4 Å². The average molecular weight is 226 g/mol. The summed E-state index contributed by atoms with van der Waals surface area (Å²) < 4.78 is 4.87. The monoisotopic (exact) mass is 226 g/mol. The van der Waals surface area contributed by atoms with E-state index in [4.69, 9.17) is 4.74 Å². The zero-order valence-corrected chi connectivity index (χ0v) is 10.9. The molecule has 0 heterocycles. The van der Waals surface area contributed by atoms with Crippen LogP contribution < -0.4 is 0 Å². The highest BCUT2D eigenvalue weighted by atomic mass is 16.5. The number of carbonyl (C=O) groups excluding carboxylic acids is 2. The van der Waals surface area contributed by atoms with Crippen LogP contribution in [0.15, 0.2) is 0 Å². The molecule has 0 bridgehead atoms. The molecule has 3 heteroatoms. The fourth-order valence-electron chi connectivity index (χ4n) is 2.72. The Morgan fingerprint density at radius 2 is 1.88 bits per heavy atom. The van der Waals surface area contributed by atoms with Crippen LogP contribution in [0.2, 0.25) is 0 Å². The minimum absolute atomic E-state index is 0.0385. The molecule has 1 fully saturated rings. The quantitative estimate of drug-likeness (QED) is 0.645. The molecule has 0 spiro atoms. The van der Waals surface area contributed by atoms with Crippen molar-refractivity contribution in [1.82, 2.24) is 0 Å². The van der Waals surface area contributed by atoms with Gasteiger partial charge in [-0.1, -0.05) is 27.7 Å². The number of ether oxygens (including phenoxy) is 1. The molecule has 92 valence electrons. The summed E-state index contributed by atoms with van der Waals surface area (Å²) in [5.41, 5.74) is -0.0385. The Morgan fingerprint density at radius 1 is 1.31 bits per heavy atom. The van der Waals surface area contributed by atoms with E-state index in [1.54, 1.807) is 0 Å². The summed E-state index contributed by atoms with van der Waals surface area (Å²) >= 11 is 0. The van der Waals surface area contributed by atoms with Gasteiger partial charge in [0.25, 0.3) is 0 Å². The van der Waals surface area contributed by atoms with Crippen LogP contribution in [0.25, 0.3) is 0 Å². The van der Waals surface area contributed by atoms with Crippen LogP contribution in [0.4, 0.5) is 0 Å². The zero-order chi connectivity index (χ0) is 12.5. The molecule has 0 saturated heterocycles. The summed E-state index contributed by atoms with van der Waals surface area (Å²) in [5.74, 6) is 0.157. The lowest BCUT2D eigenvalue weighted by molar-refractivity contribution is -0.155. The van der Waals surface area contributed by atoms with Gasteiger partial charge in [-0.15, -0.1) is 0 Å². The largest absolute Gasteiger partial charge is 0.469 e. The second kappa shape index (κ2) is 4.56. The lowest BCUT2D eigenvalue weighted by Crippen LogP contribution is -2.43. The number of Topliss-reactive ketones (excluding diaryl/α,β-unsaturated/α-hetero) is 1. The minimum Gasteiger partial charge on any atom is -0.469 e. The molecular weight excluding hydrogens is 204 g/mol. The second-order valence-corrected chi connectivity index (χ2v) is 5.95. The summed E-state index contributed by atoms with van der Waals surface area (Å²) in [4.78, 5) is 23.4. The second-order valence-electron chi connectivity index (χ2n) is 5.95. The van der Waals surface area contributed by atoms with E-state index >= 15 is 0 Å². The zero-order valence-electron chi connectivity index (χ0n) is 10.9. The van der Waals surface area contributed by atoms with Gasteiger partial charge in [0.05, 0.1) is 13.0 Å². The van der Waals surface area contributed by atoms with Crippen molar-refractivity contribution in [2.24, 2.45) is 23.2 Å². The number of hydrogen-bond donors (Lipinski definition) is 0. The van der Waals surface area contributed by atoms with Gasteiger partial charge in [-0.05, 0) is 17.3 Å². The maximum absolute atomic E-state index is 11.8. The van der Waals surface area contributed by atoms with Crippen LogP contribution in [-0.4, -0.2) is 18.9 Å². The van der Waals surface area contributed by atoms with Crippen molar-refractivity contribution < 1.29 is 14.3 Å². The summed E-state index contributed by atoms with van der Waals surface area (Å²) in [6.45, 7) is 8.22. The van der Waals surface area contributed by atoms with E-state index in [1.807, 2.05) is 6.92 Å². The molecule has 0 aromatic rings. The van der Waals surface area contributed by atoms with Gasteiger partial charge in [-0.3, -0.25) is 9.59 Å².